The molecule has 128 valence electrons. The molecular formula is C15H21O7P. The third-order valence-electron chi connectivity index (χ3n) is 2.72. The Bertz CT molecular complexity index is 620. The summed E-state index contributed by atoms with van der Waals surface area (Å²) in [5, 5.41) is 0. The summed E-state index contributed by atoms with van der Waals surface area (Å²) in [6, 6.07) is 4.55. The maximum atomic E-state index is 11.5. The number of ether oxygens (including phenoxy) is 2. The van der Waals surface area contributed by atoms with E-state index in [2.05, 4.69) is 11.1 Å². The normalized spacial score (nSPS) is 12.4. The first kappa shape index (κ1) is 19.2. The molecule has 0 bridgehead atoms. The van der Waals surface area contributed by atoms with E-state index in [9.17, 15) is 9.36 Å². The average Bonchev–Trinajstić information content (AvgIpc) is 2.40. The fourth-order valence-corrected chi connectivity index (χ4v) is 2.26. The van der Waals surface area contributed by atoms with Crippen LogP contribution >= 0.6 is 7.82 Å². The van der Waals surface area contributed by atoms with Crippen molar-refractivity contribution < 1.29 is 33.1 Å². The Morgan fingerprint density at radius 1 is 1.39 bits per heavy atom. The van der Waals surface area contributed by atoms with Crippen LogP contribution in [0.3, 0.4) is 0 Å². The lowest BCUT2D eigenvalue weighted by Gasteiger charge is -2.17. The van der Waals surface area contributed by atoms with Gasteiger partial charge in [0.25, 0.3) is 0 Å². The predicted octanol–water partition coefficient (Wildman–Crippen LogP) is 2.61. The molecule has 1 rings (SSSR count). The highest BCUT2D eigenvalue weighted by Gasteiger charge is 2.21. The Kier molecular flexibility index (Phi) is 6.81. The molecule has 0 spiro atoms. The summed E-state index contributed by atoms with van der Waals surface area (Å²) >= 11 is 0. The highest BCUT2D eigenvalue weighted by molar-refractivity contribution is 7.46. The Morgan fingerprint density at radius 3 is 2.57 bits per heavy atom. The van der Waals surface area contributed by atoms with Crippen LogP contribution in [0.5, 0.6) is 11.5 Å². The zero-order valence-electron chi connectivity index (χ0n) is 13.3. The minimum absolute atomic E-state index is 0.0139. The lowest BCUT2D eigenvalue weighted by Crippen LogP contribution is -2.18. The topological polar surface area (TPSA) is 102 Å². The molecule has 0 saturated carbocycles. The SMILES string of the molecule is C=C(C)C(=O)OC(C)Cc1cc(OCC)ccc1OP(=O)(O)O. The summed E-state index contributed by atoms with van der Waals surface area (Å²) in [5.74, 6) is 0.00918. The van der Waals surface area contributed by atoms with Gasteiger partial charge in [0.1, 0.15) is 17.6 Å². The van der Waals surface area contributed by atoms with Crippen LogP contribution in [0.1, 0.15) is 26.3 Å². The van der Waals surface area contributed by atoms with Gasteiger partial charge in [-0.1, -0.05) is 6.58 Å². The molecule has 0 fully saturated rings. The number of phosphoric acid groups is 1. The standard InChI is InChI=1S/C15H21O7P/c1-5-20-13-6-7-14(22-23(17,18)19)12(9-13)8-11(4)21-15(16)10(2)3/h6-7,9,11H,2,5,8H2,1,3-4H3,(H2,17,18,19). The number of carbonyl (C=O) groups is 1. The fourth-order valence-electron chi connectivity index (χ4n) is 1.82. The number of hydrogen-bond acceptors (Lipinski definition) is 5. The lowest BCUT2D eigenvalue weighted by molar-refractivity contribution is -0.143. The fraction of sp³-hybridized carbons (Fsp3) is 0.400. The van der Waals surface area contributed by atoms with E-state index in [1.165, 1.54) is 13.0 Å². The van der Waals surface area contributed by atoms with Crippen molar-refractivity contribution in [3.8, 4) is 11.5 Å². The number of phosphoric ester groups is 1. The monoisotopic (exact) mass is 344 g/mol. The third-order valence-corrected chi connectivity index (χ3v) is 3.16. The summed E-state index contributed by atoms with van der Waals surface area (Å²) in [6.07, 6.45) is -0.329. The quantitative estimate of drug-likeness (QED) is 0.424. The zero-order chi connectivity index (χ0) is 17.6. The molecule has 0 aliphatic heterocycles. The van der Waals surface area contributed by atoms with Crippen LogP contribution in [0.25, 0.3) is 0 Å². The van der Waals surface area contributed by atoms with Gasteiger partial charge in [-0.2, -0.15) is 0 Å². The third kappa shape index (κ3) is 6.86. The van der Waals surface area contributed by atoms with Crippen molar-refractivity contribution in [2.75, 3.05) is 6.61 Å². The van der Waals surface area contributed by atoms with Crippen molar-refractivity contribution in [2.45, 2.75) is 33.3 Å². The molecule has 0 aliphatic rings. The van der Waals surface area contributed by atoms with Gasteiger partial charge in [0.2, 0.25) is 0 Å². The largest absolute Gasteiger partial charge is 0.524 e. The van der Waals surface area contributed by atoms with Crippen LogP contribution in [-0.2, 0) is 20.5 Å². The highest BCUT2D eigenvalue weighted by atomic mass is 31.2. The molecule has 8 heteroatoms. The molecule has 0 amide bonds. The van der Waals surface area contributed by atoms with E-state index in [1.807, 2.05) is 6.92 Å². The van der Waals surface area contributed by atoms with Gasteiger partial charge in [-0.05, 0) is 39.0 Å². The summed E-state index contributed by atoms with van der Waals surface area (Å²) in [6.45, 7) is 8.95. The van der Waals surface area contributed by atoms with Crippen LogP contribution in [0.2, 0.25) is 0 Å². The first-order chi connectivity index (χ1) is 10.6. The Morgan fingerprint density at radius 2 is 2.04 bits per heavy atom. The van der Waals surface area contributed by atoms with E-state index < -0.39 is 19.9 Å². The van der Waals surface area contributed by atoms with Crippen molar-refractivity contribution in [1.82, 2.24) is 0 Å². The van der Waals surface area contributed by atoms with Crippen molar-refractivity contribution in [1.29, 1.82) is 0 Å². The Labute approximate surface area is 135 Å². The van der Waals surface area contributed by atoms with Gasteiger partial charge in [0.15, 0.2) is 0 Å². The molecule has 23 heavy (non-hydrogen) atoms. The second-order valence-electron chi connectivity index (χ2n) is 4.98. The minimum Gasteiger partial charge on any atom is -0.494 e. The van der Waals surface area contributed by atoms with Gasteiger partial charge < -0.3 is 14.0 Å². The highest BCUT2D eigenvalue weighted by Crippen LogP contribution is 2.40. The number of hydrogen-bond donors (Lipinski definition) is 2. The van der Waals surface area contributed by atoms with Crippen LogP contribution in [0.4, 0.5) is 0 Å². The first-order valence-electron chi connectivity index (χ1n) is 6.99. The van der Waals surface area contributed by atoms with Gasteiger partial charge in [-0.3, -0.25) is 9.79 Å². The summed E-state index contributed by atoms with van der Waals surface area (Å²) in [4.78, 5) is 29.5. The summed E-state index contributed by atoms with van der Waals surface area (Å²) in [7, 11) is -4.69. The predicted molar refractivity (Wildman–Crippen MR) is 84.4 cm³/mol. The number of rotatable bonds is 8. The second kappa shape index (κ2) is 8.15. The Hall–Kier alpha value is -1.82. The Balaban J connectivity index is 2.99. The molecule has 2 N–H and O–H groups in total. The molecule has 0 aliphatic carbocycles. The van der Waals surface area contributed by atoms with Crippen molar-refractivity contribution in [2.24, 2.45) is 0 Å². The van der Waals surface area contributed by atoms with Crippen LogP contribution in [-0.4, -0.2) is 28.5 Å². The number of carbonyl (C=O) groups excluding carboxylic acids is 1. The van der Waals surface area contributed by atoms with E-state index in [1.54, 1.807) is 19.1 Å². The van der Waals surface area contributed by atoms with Gasteiger partial charge in [-0.25, -0.2) is 9.36 Å². The van der Waals surface area contributed by atoms with Crippen LogP contribution < -0.4 is 9.26 Å². The molecule has 1 unspecified atom stereocenters. The molecule has 0 saturated heterocycles. The molecule has 0 radical (unpaired) electrons. The van der Waals surface area contributed by atoms with E-state index in [0.29, 0.717) is 17.9 Å². The van der Waals surface area contributed by atoms with Crippen LogP contribution in [0, 0.1) is 0 Å². The number of benzene rings is 1. The van der Waals surface area contributed by atoms with E-state index in [4.69, 9.17) is 19.3 Å². The molecule has 7 nitrogen and oxygen atoms in total. The lowest BCUT2D eigenvalue weighted by atomic mass is 10.1. The average molecular weight is 344 g/mol. The smallest absolute Gasteiger partial charge is 0.494 e. The van der Waals surface area contributed by atoms with Gasteiger partial charge in [0, 0.05) is 17.6 Å². The summed E-state index contributed by atoms with van der Waals surface area (Å²) < 4.78 is 26.3. The van der Waals surface area contributed by atoms with Gasteiger partial charge >= 0.3 is 13.8 Å². The first-order valence-corrected chi connectivity index (χ1v) is 8.52. The van der Waals surface area contributed by atoms with Crippen molar-refractivity contribution in [3.05, 3.63) is 35.9 Å². The minimum atomic E-state index is -4.69. The maximum absolute atomic E-state index is 11.5. The van der Waals surface area contributed by atoms with E-state index in [-0.39, 0.29) is 17.7 Å². The van der Waals surface area contributed by atoms with E-state index >= 15 is 0 Å². The van der Waals surface area contributed by atoms with Gasteiger partial charge in [-0.15, -0.1) is 0 Å². The second-order valence-corrected chi connectivity index (χ2v) is 6.15. The summed E-state index contributed by atoms with van der Waals surface area (Å²) in [5.41, 5.74) is 0.730. The van der Waals surface area contributed by atoms with Gasteiger partial charge in [0.05, 0.1) is 6.61 Å². The molecule has 1 aromatic rings. The molecule has 0 aromatic heterocycles. The molecule has 0 heterocycles. The zero-order valence-corrected chi connectivity index (χ0v) is 14.2. The molecular weight excluding hydrogens is 323 g/mol. The molecule has 1 aromatic carbocycles. The van der Waals surface area contributed by atoms with Crippen LogP contribution in [0.15, 0.2) is 30.4 Å². The van der Waals surface area contributed by atoms with Crippen molar-refractivity contribution in [3.63, 3.8) is 0 Å². The number of esters is 1. The molecule has 1 atom stereocenters. The van der Waals surface area contributed by atoms with E-state index in [0.717, 1.165) is 0 Å². The maximum Gasteiger partial charge on any atom is 0.524 e. The van der Waals surface area contributed by atoms with Crippen molar-refractivity contribution >= 4 is 13.8 Å².